The largest absolute Gasteiger partial charge is 0.335 e. The minimum Gasteiger partial charge on any atom is -0.335 e. The minimum atomic E-state index is -1.04. The standard InChI is InChI=1S/C16H13F4NO/c1-9(10-3-5-14(19)15(20)7-10)21(2)16(22)12-8-11(17)4-6-13(12)18/h3-9H,1-2H3. The van der Waals surface area contributed by atoms with Crippen LogP contribution >= 0.6 is 0 Å². The molecule has 22 heavy (non-hydrogen) atoms. The maximum atomic E-state index is 13.6. The molecular formula is C16H13F4NO. The molecule has 0 saturated carbocycles. The molecule has 0 N–H and O–H groups in total. The first-order chi connectivity index (χ1) is 10.3. The second-order valence-corrected chi connectivity index (χ2v) is 4.89. The zero-order chi connectivity index (χ0) is 16.4. The molecule has 0 aromatic heterocycles. The summed E-state index contributed by atoms with van der Waals surface area (Å²) in [4.78, 5) is 13.4. The molecule has 0 fully saturated rings. The van der Waals surface area contributed by atoms with Crippen LogP contribution < -0.4 is 0 Å². The molecule has 2 aromatic carbocycles. The van der Waals surface area contributed by atoms with Gasteiger partial charge in [0.1, 0.15) is 11.6 Å². The first-order valence-electron chi connectivity index (χ1n) is 6.48. The zero-order valence-corrected chi connectivity index (χ0v) is 11.9. The molecule has 1 atom stereocenters. The summed E-state index contributed by atoms with van der Waals surface area (Å²) in [7, 11) is 1.37. The molecule has 2 rings (SSSR count). The third-order valence-corrected chi connectivity index (χ3v) is 3.49. The summed E-state index contributed by atoms with van der Waals surface area (Å²) in [6, 6.07) is 5.16. The van der Waals surface area contributed by atoms with E-state index in [1.54, 1.807) is 6.92 Å². The number of nitrogens with zero attached hydrogens (tertiary/aromatic N) is 1. The van der Waals surface area contributed by atoms with E-state index in [1.165, 1.54) is 13.1 Å². The highest BCUT2D eigenvalue weighted by atomic mass is 19.2. The predicted octanol–water partition coefficient (Wildman–Crippen LogP) is 4.08. The van der Waals surface area contributed by atoms with Crippen molar-refractivity contribution < 1.29 is 22.4 Å². The van der Waals surface area contributed by atoms with E-state index in [2.05, 4.69) is 0 Å². The average molecular weight is 311 g/mol. The van der Waals surface area contributed by atoms with Crippen molar-refractivity contribution in [2.75, 3.05) is 7.05 Å². The SMILES string of the molecule is CC(c1ccc(F)c(F)c1)N(C)C(=O)c1cc(F)ccc1F. The van der Waals surface area contributed by atoms with Crippen LogP contribution in [0.4, 0.5) is 17.6 Å². The molecule has 2 nitrogen and oxygen atoms in total. The summed E-state index contributed by atoms with van der Waals surface area (Å²) in [5.74, 6) is -4.38. The molecule has 0 radical (unpaired) electrons. The maximum absolute atomic E-state index is 13.6. The average Bonchev–Trinajstić information content (AvgIpc) is 2.50. The first kappa shape index (κ1) is 16.0. The maximum Gasteiger partial charge on any atom is 0.257 e. The van der Waals surface area contributed by atoms with Gasteiger partial charge in [0.15, 0.2) is 11.6 Å². The Labute approximate surface area is 125 Å². The van der Waals surface area contributed by atoms with Crippen LogP contribution in [0.2, 0.25) is 0 Å². The lowest BCUT2D eigenvalue weighted by atomic mass is 10.1. The Bertz CT molecular complexity index is 717. The normalized spacial score (nSPS) is 12.1. The van der Waals surface area contributed by atoms with Gasteiger partial charge in [0, 0.05) is 7.05 Å². The van der Waals surface area contributed by atoms with Crippen molar-refractivity contribution >= 4 is 5.91 Å². The Morgan fingerprint density at radius 1 is 0.955 bits per heavy atom. The lowest BCUT2D eigenvalue weighted by molar-refractivity contribution is 0.0737. The number of amides is 1. The zero-order valence-electron chi connectivity index (χ0n) is 11.9. The molecule has 0 bridgehead atoms. The summed E-state index contributed by atoms with van der Waals surface area (Å²) >= 11 is 0. The first-order valence-corrected chi connectivity index (χ1v) is 6.48. The number of carbonyl (C=O) groups is 1. The lowest BCUT2D eigenvalue weighted by Crippen LogP contribution is -2.30. The van der Waals surface area contributed by atoms with Crippen LogP contribution in [0, 0.1) is 23.3 Å². The highest BCUT2D eigenvalue weighted by Crippen LogP contribution is 2.23. The number of halogens is 4. The summed E-state index contributed by atoms with van der Waals surface area (Å²) in [6.07, 6.45) is 0. The van der Waals surface area contributed by atoms with E-state index in [4.69, 9.17) is 0 Å². The Morgan fingerprint density at radius 3 is 2.23 bits per heavy atom. The number of carbonyl (C=O) groups excluding carboxylic acids is 1. The topological polar surface area (TPSA) is 20.3 Å². The Balaban J connectivity index is 2.29. The van der Waals surface area contributed by atoms with E-state index < -0.39 is 40.8 Å². The number of hydrogen-bond acceptors (Lipinski definition) is 1. The van der Waals surface area contributed by atoms with E-state index in [0.717, 1.165) is 35.2 Å². The highest BCUT2D eigenvalue weighted by Gasteiger charge is 2.22. The lowest BCUT2D eigenvalue weighted by Gasteiger charge is -2.25. The molecule has 2 aromatic rings. The smallest absolute Gasteiger partial charge is 0.257 e. The van der Waals surface area contributed by atoms with Gasteiger partial charge in [0.2, 0.25) is 0 Å². The Kier molecular flexibility index (Phi) is 4.49. The van der Waals surface area contributed by atoms with Gasteiger partial charge in [-0.2, -0.15) is 0 Å². The van der Waals surface area contributed by atoms with Gasteiger partial charge in [-0.1, -0.05) is 6.07 Å². The van der Waals surface area contributed by atoms with Gasteiger partial charge in [0.25, 0.3) is 5.91 Å². The number of rotatable bonds is 3. The summed E-state index contributed by atoms with van der Waals surface area (Å²) < 4.78 is 53.0. The van der Waals surface area contributed by atoms with E-state index >= 15 is 0 Å². The van der Waals surface area contributed by atoms with Gasteiger partial charge in [-0.3, -0.25) is 4.79 Å². The summed E-state index contributed by atoms with van der Waals surface area (Å²) in [5.41, 5.74) is -0.0801. The fourth-order valence-electron chi connectivity index (χ4n) is 2.02. The van der Waals surface area contributed by atoms with Crippen molar-refractivity contribution in [3.05, 3.63) is 70.8 Å². The van der Waals surface area contributed by atoms with Crippen molar-refractivity contribution in [2.24, 2.45) is 0 Å². The Morgan fingerprint density at radius 2 is 1.59 bits per heavy atom. The highest BCUT2D eigenvalue weighted by molar-refractivity contribution is 5.94. The Hall–Kier alpha value is -2.37. The second-order valence-electron chi connectivity index (χ2n) is 4.89. The number of hydrogen-bond donors (Lipinski definition) is 0. The van der Waals surface area contributed by atoms with Crippen molar-refractivity contribution in [1.82, 2.24) is 4.90 Å². The van der Waals surface area contributed by atoms with Crippen LogP contribution in [-0.2, 0) is 0 Å². The number of benzene rings is 2. The van der Waals surface area contributed by atoms with E-state index in [9.17, 15) is 22.4 Å². The van der Waals surface area contributed by atoms with Crippen molar-refractivity contribution in [3.63, 3.8) is 0 Å². The van der Waals surface area contributed by atoms with Gasteiger partial charge >= 0.3 is 0 Å². The van der Waals surface area contributed by atoms with Crippen LogP contribution in [0.1, 0.15) is 28.9 Å². The summed E-state index contributed by atoms with van der Waals surface area (Å²) in [6.45, 7) is 1.57. The van der Waals surface area contributed by atoms with Gasteiger partial charge < -0.3 is 4.90 Å². The van der Waals surface area contributed by atoms with E-state index in [-0.39, 0.29) is 0 Å². The molecule has 1 amide bonds. The summed E-state index contributed by atoms with van der Waals surface area (Å²) in [5, 5.41) is 0. The van der Waals surface area contributed by atoms with Gasteiger partial charge in [-0.25, -0.2) is 17.6 Å². The molecule has 0 aliphatic carbocycles. The van der Waals surface area contributed by atoms with E-state index in [0.29, 0.717) is 5.56 Å². The molecule has 0 spiro atoms. The minimum absolute atomic E-state index is 0.339. The van der Waals surface area contributed by atoms with Gasteiger partial charge in [-0.15, -0.1) is 0 Å². The monoisotopic (exact) mass is 311 g/mol. The van der Waals surface area contributed by atoms with Crippen molar-refractivity contribution in [2.45, 2.75) is 13.0 Å². The van der Waals surface area contributed by atoms with Crippen molar-refractivity contribution in [1.29, 1.82) is 0 Å². The van der Waals surface area contributed by atoms with Crippen LogP contribution in [-0.4, -0.2) is 17.9 Å². The second kappa shape index (κ2) is 6.17. The fourth-order valence-corrected chi connectivity index (χ4v) is 2.02. The molecule has 1 unspecified atom stereocenters. The molecule has 0 heterocycles. The molecule has 0 aliphatic heterocycles. The molecule has 6 heteroatoms. The van der Waals surface area contributed by atoms with E-state index in [1.807, 2.05) is 0 Å². The third-order valence-electron chi connectivity index (χ3n) is 3.49. The molecule has 116 valence electrons. The van der Waals surface area contributed by atoms with Crippen LogP contribution in [0.3, 0.4) is 0 Å². The molecule has 0 aliphatic rings. The van der Waals surface area contributed by atoms with Crippen LogP contribution in [0.15, 0.2) is 36.4 Å². The quantitative estimate of drug-likeness (QED) is 0.782. The van der Waals surface area contributed by atoms with Gasteiger partial charge in [-0.05, 0) is 42.8 Å². The third kappa shape index (κ3) is 3.10. The molecule has 0 saturated heterocycles. The van der Waals surface area contributed by atoms with Crippen LogP contribution in [0.25, 0.3) is 0 Å². The van der Waals surface area contributed by atoms with Gasteiger partial charge in [0.05, 0.1) is 11.6 Å². The predicted molar refractivity (Wildman–Crippen MR) is 73.2 cm³/mol. The fraction of sp³-hybridized carbons (Fsp3) is 0.188. The van der Waals surface area contributed by atoms with Crippen LogP contribution in [0.5, 0.6) is 0 Å². The van der Waals surface area contributed by atoms with Crippen molar-refractivity contribution in [3.8, 4) is 0 Å². The molecular weight excluding hydrogens is 298 g/mol.